The summed E-state index contributed by atoms with van der Waals surface area (Å²) in [6.45, 7) is 3.66. The molecular weight excluding hydrogens is 196 g/mol. The van der Waals surface area contributed by atoms with Crippen LogP contribution >= 0.6 is 0 Å². The van der Waals surface area contributed by atoms with Gasteiger partial charge in [0, 0.05) is 19.6 Å². The van der Waals surface area contributed by atoms with Crippen molar-refractivity contribution in [3.63, 3.8) is 0 Å². The van der Waals surface area contributed by atoms with Gasteiger partial charge in [0.15, 0.2) is 0 Å². The molecular formula is C9H16N4O2. The predicted octanol–water partition coefficient (Wildman–Crippen LogP) is 0.238. The summed E-state index contributed by atoms with van der Waals surface area (Å²) in [4.78, 5) is 15.2. The Kier molecular flexibility index (Phi) is 5.39. The zero-order chi connectivity index (χ0) is 10.9. The number of carbonyl (C=O) groups excluding carboxylic acids is 1. The van der Waals surface area contributed by atoms with Gasteiger partial charge in [-0.2, -0.15) is 5.10 Å². The molecule has 1 aromatic heterocycles. The standard InChI is InChI=1S/C9H16N4O2/c1-2-15-5-3-4-9(14)10-6-8-11-7-12-13-8/h7H,2-6H2,1H3,(H,10,14)(H,11,12,13). The number of aromatic nitrogens is 3. The second-order valence-corrected chi connectivity index (χ2v) is 3.01. The Hall–Kier alpha value is -1.43. The van der Waals surface area contributed by atoms with E-state index in [9.17, 15) is 4.79 Å². The average Bonchev–Trinajstić information content (AvgIpc) is 2.74. The number of carbonyl (C=O) groups is 1. The number of rotatable bonds is 7. The lowest BCUT2D eigenvalue weighted by atomic mass is 10.3. The average molecular weight is 212 g/mol. The van der Waals surface area contributed by atoms with Gasteiger partial charge in [0.25, 0.3) is 0 Å². The van der Waals surface area contributed by atoms with Crippen LogP contribution in [0, 0.1) is 0 Å². The van der Waals surface area contributed by atoms with Gasteiger partial charge in [0.2, 0.25) is 5.91 Å². The molecule has 1 heterocycles. The Bertz CT molecular complexity index is 274. The Labute approximate surface area is 88.4 Å². The minimum absolute atomic E-state index is 0.00565. The zero-order valence-corrected chi connectivity index (χ0v) is 8.82. The molecule has 0 atom stereocenters. The van der Waals surface area contributed by atoms with Crippen molar-refractivity contribution in [1.29, 1.82) is 0 Å². The van der Waals surface area contributed by atoms with Crippen molar-refractivity contribution in [3.8, 4) is 0 Å². The minimum Gasteiger partial charge on any atom is -0.382 e. The summed E-state index contributed by atoms with van der Waals surface area (Å²) < 4.78 is 5.13. The first-order valence-electron chi connectivity index (χ1n) is 5.01. The summed E-state index contributed by atoms with van der Waals surface area (Å²) in [7, 11) is 0. The monoisotopic (exact) mass is 212 g/mol. The van der Waals surface area contributed by atoms with E-state index in [-0.39, 0.29) is 5.91 Å². The summed E-state index contributed by atoms with van der Waals surface area (Å²) in [5, 5.41) is 9.08. The fourth-order valence-corrected chi connectivity index (χ4v) is 1.07. The molecule has 0 saturated carbocycles. The molecule has 0 aliphatic rings. The van der Waals surface area contributed by atoms with E-state index in [1.165, 1.54) is 6.33 Å². The van der Waals surface area contributed by atoms with Crippen LogP contribution in [0.4, 0.5) is 0 Å². The van der Waals surface area contributed by atoms with Crippen LogP contribution in [0.1, 0.15) is 25.6 Å². The molecule has 0 spiro atoms. The lowest BCUT2D eigenvalue weighted by Gasteiger charge is -2.03. The van der Waals surface area contributed by atoms with Crippen LogP contribution in [-0.4, -0.2) is 34.3 Å². The van der Waals surface area contributed by atoms with Crippen molar-refractivity contribution in [3.05, 3.63) is 12.2 Å². The highest BCUT2D eigenvalue weighted by molar-refractivity contribution is 5.75. The highest BCUT2D eigenvalue weighted by Crippen LogP contribution is 1.91. The Balaban J connectivity index is 2.04. The number of hydrogen-bond donors (Lipinski definition) is 2. The molecule has 0 fully saturated rings. The van der Waals surface area contributed by atoms with Crippen molar-refractivity contribution < 1.29 is 9.53 Å². The highest BCUT2D eigenvalue weighted by atomic mass is 16.5. The van der Waals surface area contributed by atoms with E-state index in [2.05, 4.69) is 20.5 Å². The number of H-pyrrole nitrogens is 1. The summed E-state index contributed by atoms with van der Waals surface area (Å²) >= 11 is 0. The summed E-state index contributed by atoms with van der Waals surface area (Å²) in [6, 6.07) is 0. The Morgan fingerprint density at radius 3 is 3.20 bits per heavy atom. The fraction of sp³-hybridized carbons (Fsp3) is 0.667. The van der Waals surface area contributed by atoms with Crippen LogP contribution in [-0.2, 0) is 16.1 Å². The van der Waals surface area contributed by atoms with E-state index >= 15 is 0 Å². The maximum atomic E-state index is 11.3. The molecule has 1 rings (SSSR count). The molecule has 15 heavy (non-hydrogen) atoms. The first-order chi connectivity index (χ1) is 7.33. The molecule has 1 aromatic rings. The summed E-state index contributed by atoms with van der Waals surface area (Å²) in [5.74, 6) is 0.666. The van der Waals surface area contributed by atoms with Gasteiger partial charge < -0.3 is 10.1 Å². The van der Waals surface area contributed by atoms with E-state index in [1.54, 1.807) is 0 Å². The Morgan fingerprint density at radius 2 is 2.53 bits per heavy atom. The van der Waals surface area contributed by atoms with Gasteiger partial charge in [-0.3, -0.25) is 9.89 Å². The normalized spacial score (nSPS) is 10.2. The third-order valence-corrected chi connectivity index (χ3v) is 1.81. The predicted molar refractivity (Wildman–Crippen MR) is 54.0 cm³/mol. The highest BCUT2D eigenvalue weighted by Gasteiger charge is 2.01. The molecule has 0 radical (unpaired) electrons. The van der Waals surface area contributed by atoms with E-state index in [1.807, 2.05) is 6.92 Å². The van der Waals surface area contributed by atoms with E-state index in [0.717, 1.165) is 6.42 Å². The first-order valence-corrected chi connectivity index (χ1v) is 5.01. The SMILES string of the molecule is CCOCCCC(=O)NCc1ncn[nH]1. The van der Waals surface area contributed by atoms with Crippen molar-refractivity contribution in [2.24, 2.45) is 0 Å². The molecule has 0 saturated heterocycles. The third-order valence-electron chi connectivity index (χ3n) is 1.81. The number of hydrogen-bond acceptors (Lipinski definition) is 4. The second-order valence-electron chi connectivity index (χ2n) is 3.01. The van der Waals surface area contributed by atoms with Crippen LogP contribution in [0.3, 0.4) is 0 Å². The van der Waals surface area contributed by atoms with Crippen LogP contribution in [0.2, 0.25) is 0 Å². The van der Waals surface area contributed by atoms with Gasteiger partial charge in [-0.25, -0.2) is 4.98 Å². The smallest absolute Gasteiger partial charge is 0.220 e. The summed E-state index contributed by atoms with van der Waals surface area (Å²) in [5.41, 5.74) is 0. The van der Waals surface area contributed by atoms with Crippen molar-refractivity contribution in [2.75, 3.05) is 13.2 Å². The van der Waals surface area contributed by atoms with Gasteiger partial charge in [0.05, 0.1) is 6.54 Å². The quantitative estimate of drug-likeness (QED) is 0.634. The van der Waals surface area contributed by atoms with Gasteiger partial charge in [-0.1, -0.05) is 0 Å². The Morgan fingerprint density at radius 1 is 1.67 bits per heavy atom. The summed E-state index contributed by atoms with van der Waals surface area (Å²) in [6.07, 6.45) is 2.64. The van der Waals surface area contributed by atoms with Crippen LogP contribution < -0.4 is 5.32 Å². The van der Waals surface area contributed by atoms with E-state index in [4.69, 9.17) is 4.74 Å². The maximum absolute atomic E-state index is 11.3. The van der Waals surface area contributed by atoms with Crippen molar-refractivity contribution in [1.82, 2.24) is 20.5 Å². The largest absolute Gasteiger partial charge is 0.382 e. The van der Waals surface area contributed by atoms with Crippen LogP contribution in [0.25, 0.3) is 0 Å². The molecule has 84 valence electrons. The molecule has 0 aliphatic heterocycles. The molecule has 6 nitrogen and oxygen atoms in total. The zero-order valence-electron chi connectivity index (χ0n) is 8.82. The topological polar surface area (TPSA) is 79.9 Å². The lowest BCUT2D eigenvalue weighted by Crippen LogP contribution is -2.23. The van der Waals surface area contributed by atoms with Crippen LogP contribution in [0.15, 0.2) is 6.33 Å². The number of nitrogens with one attached hydrogen (secondary N) is 2. The molecule has 1 amide bonds. The van der Waals surface area contributed by atoms with Crippen molar-refractivity contribution >= 4 is 5.91 Å². The number of aromatic amines is 1. The van der Waals surface area contributed by atoms with E-state index < -0.39 is 0 Å². The van der Waals surface area contributed by atoms with Crippen molar-refractivity contribution in [2.45, 2.75) is 26.3 Å². The first kappa shape index (κ1) is 11.6. The lowest BCUT2D eigenvalue weighted by molar-refractivity contribution is -0.121. The van der Waals surface area contributed by atoms with E-state index in [0.29, 0.717) is 32.0 Å². The number of ether oxygens (including phenoxy) is 1. The molecule has 0 unspecified atom stereocenters. The number of amides is 1. The third kappa shape index (κ3) is 5.11. The van der Waals surface area contributed by atoms with Crippen LogP contribution in [0.5, 0.6) is 0 Å². The van der Waals surface area contributed by atoms with Gasteiger partial charge in [0.1, 0.15) is 12.2 Å². The molecule has 6 heteroatoms. The number of nitrogens with zero attached hydrogens (tertiary/aromatic N) is 2. The molecule has 0 bridgehead atoms. The molecule has 0 aromatic carbocycles. The molecule has 2 N–H and O–H groups in total. The van der Waals surface area contributed by atoms with Gasteiger partial charge >= 0.3 is 0 Å². The van der Waals surface area contributed by atoms with Gasteiger partial charge in [-0.15, -0.1) is 0 Å². The minimum atomic E-state index is 0.00565. The van der Waals surface area contributed by atoms with Gasteiger partial charge in [-0.05, 0) is 13.3 Å². The molecule has 0 aliphatic carbocycles. The second kappa shape index (κ2) is 6.94. The maximum Gasteiger partial charge on any atom is 0.220 e. The fourth-order valence-electron chi connectivity index (χ4n) is 1.07.